The van der Waals surface area contributed by atoms with Crippen LogP contribution in [0.4, 0.5) is 0 Å². The van der Waals surface area contributed by atoms with Gasteiger partial charge in [0.2, 0.25) is 5.78 Å². The number of carbonyl (C=O) groups is 1. The number of furan rings is 1. The molecular weight excluding hydrogens is 140 g/mol. The standard InChI is InChI=1S/C9H8O2/c1-2-3-5-8(10)9-6-4-7-11-9/h2-7H,1H2/b5-3+. The largest absolute Gasteiger partial charge is 0.461 e. The zero-order valence-corrected chi connectivity index (χ0v) is 5.99. The summed E-state index contributed by atoms with van der Waals surface area (Å²) in [4.78, 5) is 11.0. The molecule has 0 saturated heterocycles. The van der Waals surface area contributed by atoms with Crippen LogP contribution >= 0.6 is 0 Å². The predicted octanol–water partition coefficient (Wildman–Crippen LogP) is 2.20. The first-order chi connectivity index (χ1) is 5.34. The van der Waals surface area contributed by atoms with Crippen LogP contribution in [0.25, 0.3) is 0 Å². The highest BCUT2D eigenvalue weighted by molar-refractivity contribution is 6.02. The van der Waals surface area contributed by atoms with Gasteiger partial charge in [0.05, 0.1) is 6.26 Å². The number of ketones is 1. The van der Waals surface area contributed by atoms with Gasteiger partial charge >= 0.3 is 0 Å². The molecule has 11 heavy (non-hydrogen) atoms. The third-order valence-electron chi connectivity index (χ3n) is 1.15. The molecule has 0 bridgehead atoms. The van der Waals surface area contributed by atoms with Crippen molar-refractivity contribution < 1.29 is 9.21 Å². The summed E-state index contributed by atoms with van der Waals surface area (Å²) in [6.07, 6.45) is 5.99. The molecule has 0 N–H and O–H groups in total. The summed E-state index contributed by atoms with van der Waals surface area (Å²) < 4.78 is 4.86. The molecule has 2 heteroatoms. The molecular formula is C9H8O2. The lowest BCUT2D eigenvalue weighted by atomic mass is 10.3. The predicted molar refractivity (Wildman–Crippen MR) is 42.4 cm³/mol. The first-order valence-electron chi connectivity index (χ1n) is 3.21. The van der Waals surface area contributed by atoms with Crippen molar-refractivity contribution in [3.8, 4) is 0 Å². The van der Waals surface area contributed by atoms with Crippen molar-refractivity contribution in [2.75, 3.05) is 0 Å². The molecule has 0 unspecified atom stereocenters. The molecule has 0 aliphatic rings. The maximum atomic E-state index is 11.0. The van der Waals surface area contributed by atoms with E-state index >= 15 is 0 Å². The highest BCUT2D eigenvalue weighted by atomic mass is 16.3. The molecule has 0 aliphatic carbocycles. The van der Waals surface area contributed by atoms with Crippen LogP contribution in [0, 0.1) is 0 Å². The number of carbonyl (C=O) groups excluding carboxylic acids is 1. The van der Waals surface area contributed by atoms with Crippen LogP contribution in [-0.2, 0) is 0 Å². The van der Waals surface area contributed by atoms with Crippen molar-refractivity contribution in [1.82, 2.24) is 0 Å². The van der Waals surface area contributed by atoms with Crippen LogP contribution in [0.1, 0.15) is 10.6 Å². The van der Waals surface area contributed by atoms with Crippen LogP contribution in [0.3, 0.4) is 0 Å². The maximum Gasteiger partial charge on any atom is 0.220 e. The number of hydrogen-bond acceptors (Lipinski definition) is 2. The minimum Gasteiger partial charge on any atom is -0.461 e. The summed E-state index contributed by atoms with van der Waals surface area (Å²) >= 11 is 0. The Labute approximate surface area is 64.8 Å². The fraction of sp³-hybridized carbons (Fsp3) is 0. The van der Waals surface area contributed by atoms with Crippen molar-refractivity contribution in [3.63, 3.8) is 0 Å². The molecule has 0 saturated carbocycles. The molecule has 1 rings (SSSR count). The van der Waals surface area contributed by atoms with Gasteiger partial charge in [0.1, 0.15) is 0 Å². The van der Waals surface area contributed by atoms with E-state index in [-0.39, 0.29) is 5.78 Å². The van der Waals surface area contributed by atoms with E-state index in [2.05, 4.69) is 6.58 Å². The van der Waals surface area contributed by atoms with E-state index in [1.54, 1.807) is 24.3 Å². The number of allylic oxidation sites excluding steroid dienone is 3. The first kappa shape index (κ1) is 7.54. The van der Waals surface area contributed by atoms with E-state index in [9.17, 15) is 4.79 Å². The van der Waals surface area contributed by atoms with Gasteiger partial charge in [-0.25, -0.2) is 0 Å². The summed E-state index contributed by atoms with van der Waals surface area (Å²) in [5.41, 5.74) is 0. The van der Waals surface area contributed by atoms with Gasteiger partial charge in [0.25, 0.3) is 0 Å². The minimum absolute atomic E-state index is 0.144. The molecule has 0 atom stereocenters. The Hall–Kier alpha value is -1.57. The third kappa shape index (κ3) is 1.93. The van der Waals surface area contributed by atoms with E-state index in [0.717, 1.165) is 0 Å². The van der Waals surface area contributed by atoms with E-state index in [1.807, 2.05) is 0 Å². The molecule has 0 radical (unpaired) electrons. The van der Waals surface area contributed by atoms with Crippen molar-refractivity contribution in [2.45, 2.75) is 0 Å². The Morgan fingerprint density at radius 3 is 3.00 bits per heavy atom. The van der Waals surface area contributed by atoms with E-state index in [1.165, 1.54) is 12.3 Å². The lowest BCUT2D eigenvalue weighted by Crippen LogP contribution is -1.89. The average molecular weight is 148 g/mol. The van der Waals surface area contributed by atoms with E-state index in [4.69, 9.17) is 4.42 Å². The van der Waals surface area contributed by atoms with Gasteiger partial charge in [-0.05, 0) is 18.2 Å². The molecule has 0 aromatic carbocycles. The molecule has 1 aromatic heterocycles. The van der Waals surface area contributed by atoms with Crippen molar-refractivity contribution in [3.05, 3.63) is 49.0 Å². The second kappa shape index (κ2) is 3.56. The van der Waals surface area contributed by atoms with Gasteiger partial charge in [0, 0.05) is 0 Å². The Morgan fingerprint density at radius 1 is 1.64 bits per heavy atom. The zero-order valence-electron chi connectivity index (χ0n) is 5.99. The van der Waals surface area contributed by atoms with Crippen LogP contribution in [0.15, 0.2) is 47.6 Å². The summed E-state index contributed by atoms with van der Waals surface area (Å²) in [5.74, 6) is 0.206. The zero-order chi connectivity index (χ0) is 8.10. The SMILES string of the molecule is C=C/C=C/C(=O)c1ccco1. The van der Waals surface area contributed by atoms with Crippen LogP contribution in [0.5, 0.6) is 0 Å². The van der Waals surface area contributed by atoms with E-state index < -0.39 is 0 Å². The molecule has 0 fully saturated rings. The van der Waals surface area contributed by atoms with Crippen molar-refractivity contribution in [2.24, 2.45) is 0 Å². The highest BCUT2D eigenvalue weighted by Crippen LogP contribution is 2.01. The summed E-state index contributed by atoms with van der Waals surface area (Å²) in [7, 11) is 0. The third-order valence-corrected chi connectivity index (χ3v) is 1.15. The Bertz CT molecular complexity index is 268. The summed E-state index contributed by atoms with van der Waals surface area (Å²) in [6.45, 7) is 3.44. The minimum atomic E-state index is -0.144. The topological polar surface area (TPSA) is 30.2 Å². The van der Waals surface area contributed by atoms with Gasteiger partial charge in [-0.2, -0.15) is 0 Å². The van der Waals surface area contributed by atoms with Crippen molar-refractivity contribution >= 4 is 5.78 Å². The second-order valence-electron chi connectivity index (χ2n) is 1.94. The van der Waals surface area contributed by atoms with E-state index in [0.29, 0.717) is 5.76 Å². The fourth-order valence-electron chi connectivity index (χ4n) is 0.656. The average Bonchev–Trinajstić information content (AvgIpc) is 2.52. The van der Waals surface area contributed by atoms with Gasteiger partial charge in [-0.15, -0.1) is 0 Å². The van der Waals surface area contributed by atoms with Crippen LogP contribution in [-0.4, -0.2) is 5.78 Å². The monoisotopic (exact) mass is 148 g/mol. The molecule has 0 aliphatic heterocycles. The maximum absolute atomic E-state index is 11.0. The number of rotatable bonds is 3. The lowest BCUT2D eigenvalue weighted by Gasteiger charge is -1.84. The smallest absolute Gasteiger partial charge is 0.220 e. The Morgan fingerprint density at radius 2 is 2.45 bits per heavy atom. The summed E-state index contributed by atoms with van der Waals surface area (Å²) in [6, 6.07) is 3.30. The molecule has 0 spiro atoms. The summed E-state index contributed by atoms with van der Waals surface area (Å²) in [5, 5.41) is 0. The quantitative estimate of drug-likeness (QED) is 0.373. The second-order valence-corrected chi connectivity index (χ2v) is 1.94. The fourth-order valence-corrected chi connectivity index (χ4v) is 0.656. The Kier molecular flexibility index (Phi) is 2.44. The van der Waals surface area contributed by atoms with Gasteiger partial charge in [0.15, 0.2) is 5.76 Å². The number of hydrogen-bond donors (Lipinski definition) is 0. The van der Waals surface area contributed by atoms with Crippen LogP contribution in [0.2, 0.25) is 0 Å². The molecule has 1 aromatic rings. The van der Waals surface area contributed by atoms with Crippen LogP contribution < -0.4 is 0 Å². The van der Waals surface area contributed by atoms with Crippen molar-refractivity contribution in [1.29, 1.82) is 0 Å². The van der Waals surface area contributed by atoms with Gasteiger partial charge in [-0.3, -0.25) is 4.79 Å². The molecule has 1 heterocycles. The van der Waals surface area contributed by atoms with Gasteiger partial charge < -0.3 is 4.42 Å². The Balaban J connectivity index is 2.71. The first-order valence-corrected chi connectivity index (χ1v) is 3.21. The molecule has 0 amide bonds. The highest BCUT2D eigenvalue weighted by Gasteiger charge is 2.01. The normalized spacial score (nSPS) is 10.2. The van der Waals surface area contributed by atoms with Gasteiger partial charge in [-0.1, -0.05) is 18.7 Å². The molecule has 56 valence electrons. The molecule has 2 nitrogen and oxygen atoms in total. The lowest BCUT2D eigenvalue weighted by molar-refractivity contribution is 0.102.